The van der Waals surface area contributed by atoms with Gasteiger partial charge in [0.2, 0.25) is 5.91 Å². The number of carbonyl (C=O) groups is 1. The van der Waals surface area contributed by atoms with Crippen molar-refractivity contribution in [1.29, 1.82) is 0 Å². The van der Waals surface area contributed by atoms with E-state index in [-0.39, 0.29) is 11.7 Å². The van der Waals surface area contributed by atoms with Crippen LogP contribution < -0.4 is 0 Å². The third-order valence-corrected chi connectivity index (χ3v) is 3.26. The molecule has 0 saturated heterocycles. The lowest BCUT2D eigenvalue weighted by Crippen LogP contribution is -2.38. The van der Waals surface area contributed by atoms with Crippen molar-refractivity contribution in [2.24, 2.45) is 0 Å². The van der Waals surface area contributed by atoms with E-state index in [2.05, 4.69) is 10.2 Å². The molecule has 112 valence electrons. The molecule has 0 bridgehead atoms. The molecule has 1 aromatic heterocycles. The highest BCUT2D eigenvalue weighted by molar-refractivity contribution is 5.83. The second-order valence-electron chi connectivity index (χ2n) is 5.20. The van der Waals surface area contributed by atoms with Crippen LogP contribution in [-0.2, 0) is 11.3 Å². The van der Waals surface area contributed by atoms with Crippen LogP contribution in [0.25, 0.3) is 0 Å². The lowest BCUT2D eigenvalue weighted by Gasteiger charge is -2.28. The Kier molecular flexibility index (Phi) is 4.70. The molecule has 5 nitrogen and oxygen atoms in total. The largest absolute Gasteiger partial charge is 0.338 e. The van der Waals surface area contributed by atoms with Crippen LogP contribution in [-0.4, -0.2) is 47.0 Å². The molecule has 0 unspecified atom stereocenters. The number of aromatic nitrogens is 2. The van der Waals surface area contributed by atoms with Gasteiger partial charge in [0.15, 0.2) is 0 Å². The number of nitrogens with zero attached hydrogens (tertiary/aromatic N) is 3. The molecule has 0 spiro atoms. The highest BCUT2D eigenvalue weighted by Crippen LogP contribution is 2.21. The smallest absolute Gasteiger partial charge is 0.244 e. The molecule has 0 fully saturated rings. The van der Waals surface area contributed by atoms with E-state index in [1.807, 2.05) is 6.07 Å². The third-order valence-electron chi connectivity index (χ3n) is 3.26. The number of carbonyl (C=O) groups excluding carboxylic acids is 1. The summed E-state index contributed by atoms with van der Waals surface area (Å²) >= 11 is 0. The zero-order valence-corrected chi connectivity index (χ0v) is 12.4. The molecule has 2 aromatic rings. The van der Waals surface area contributed by atoms with Crippen LogP contribution in [0.4, 0.5) is 4.39 Å². The molecule has 0 radical (unpaired) electrons. The molecule has 1 aromatic carbocycles. The van der Waals surface area contributed by atoms with Gasteiger partial charge in [-0.15, -0.1) is 0 Å². The molecule has 0 saturated carbocycles. The highest BCUT2D eigenvalue weighted by Gasteiger charge is 2.26. The molecule has 1 N–H and O–H groups in total. The first-order chi connectivity index (χ1) is 9.99. The van der Waals surface area contributed by atoms with E-state index >= 15 is 0 Å². The number of hydrogen-bond donors (Lipinski definition) is 1. The van der Waals surface area contributed by atoms with Gasteiger partial charge in [-0.2, -0.15) is 5.10 Å². The van der Waals surface area contributed by atoms with Gasteiger partial charge >= 0.3 is 0 Å². The SMILES string of the molecule is CN(Cc1ccn[nH]1)C(=O)[C@@H](c1cccc(F)c1)N(C)C. The topological polar surface area (TPSA) is 52.2 Å². The van der Waals surface area contributed by atoms with Gasteiger partial charge in [0.25, 0.3) is 0 Å². The quantitative estimate of drug-likeness (QED) is 0.913. The maximum Gasteiger partial charge on any atom is 0.244 e. The Morgan fingerprint density at radius 2 is 2.10 bits per heavy atom. The van der Waals surface area contributed by atoms with Crippen molar-refractivity contribution in [2.75, 3.05) is 21.1 Å². The molecule has 1 amide bonds. The first-order valence-corrected chi connectivity index (χ1v) is 6.64. The first kappa shape index (κ1) is 15.2. The minimum Gasteiger partial charge on any atom is -0.338 e. The fraction of sp³-hybridized carbons (Fsp3) is 0.333. The Balaban J connectivity index is 2.19. The Bertz CT molecular complexity index is 597. The van der Waals surface area contributed by atoms with Gasteiger partial charge in [-0.25, -0.2) is 4.39 Å². The maximum atomic E-state index is 13.4. The predicted molar refractivity (Wildman–Crippen MR) is 77.9 cm³/mol. The van der Waals surface area contributed by atoms with E-state index in [1.165, 1.54) is 12.1 Å². The Labute approximate surface area is 123 Å². The minimum atomic E-state index is -0.520. The summed E-state index contributed by atoms with van der Waals surface area (Å²) < 4.78 is 13.4. The van der Waals surface area contributed by atoms with Gasteiger partial charge < -0.3 is 4.90 Å². The summed E-state index contributed by atoms with van der Waals surface area (Å²) in [4.78, 5) is 16.0. The van der Waals surface area contributed by atoms with Crippen molar-refractivity contribution in [3.8, 4) is 0 Å². The Morgan fingerprint density at radius 3 is 2.67 bits per heavy atom. The van der Waals surface area contributed by atoms with Crippen LogP contribution in [0.15, 0.2) is 36.5 Å². The van der Waals surface area contributed by atoms with Gasteiger partial charge in [-0.3, -0.25) is 14.8 Å². The standard InChI is InChI=1S/C15H19FN4O/c1-19(2)14(11-5-4-6-12(16)9-11)15(21)20(3)10-13-7-8-17-18-13/h4-9,14H,10H2,1-3H3,(H,17,18)/t14-/m1/s1. The first-order valence-electron chi connectivity index (χ1n) is 6.64. The zero-order valence-electron chi connectivity index (χ0n) is 12.4. The van der Waals surface area contributed by atoms with Crippen LogP contribution in [0.5, 0.6) is 0 Å². The summed E-state index contributed by atoms with van der Waals surface area (Å²) in [6.07, 6.45) is 1.64. The van der Waals surface area contributed by atoms with Crippen molar-refractivity contribution in [2.45, 2.75) is 12.6 Å². The third kappa shape index (κ3) is 3.66. The second kappa shape index (κ2) is 6.49. The van der Waals surface area contributed by atoms with Crippen LogP contribution in [0, 0.1) is 5.82 Å². The van der Waals surface area contributed by atoms with E-state index in [0.717, 1.165) is 5.69 Å². The monoisotopic (exact) mass is 290 g/mol. The van der Waals surface area contributed by atoms with Crippen molar-refractivity contribution in [3.63, 3.8) is 0 Å². The molecule has 1 heterocycles. The number of amides is 1. The molecule has 21 heavy (non-hydrogen) atoms. The van der Waals surface area contributed by atoms with E-state index < -0.39 is 6.04 Å². The number of halogens is 1. The lowest BCUT2D eigenvalue weighted by molar-refractivity contribution is -0.135. The number of aromatic amines is 1. The summed E-state index contributed by atoms with van der Waals surface area (Å²) in [6.45, 7) is 0.429. The minimum absolute atomic E-state index is 0.0970. The molecule has 1 atom stereocenters. The fourth-order valence-corrected chi connectivity index (χ4v) is 2.25. The summed E-state index contributed by atoms with van der Waals surface area (Å²) in [6, 6.07) is 7.44. The van der Waals surface area contributed by atoms with Gasteiger partial charge in [0, 0.05) is 13.2 Å². The number of nitrogens with one attached hydrogen (secondary N) is 1. The normalized spacial score (nSPS) is 12.4. The van der Waals surface area contributed by atoms with Gasteiger partial charge in [-0.1, -0.05) is 12.1 Å². The van der Waals surface area contributed by atoms with E-state index in [4.69, 9.17) is 0 Å². The van der Waals surface area contributed by atoms with Crippen molar-refractivity contribution in [1.82, 2.24) is 20.0 Å². The van der Waals surface area contributed by atoms with Crippen LogP contribution in [0.3, 0.4) is 0 Å². The van der Waals surface area contributed by atoms with Gasteiger partial charge in [0.1, 0.15) is 11.9 Å². The van der Waals surface area contributed by atoms with Crippen molar-refractivity contribution in [3.05, 3.63) is 53.6 Å². The van der Waals surface area contributed by atoms with Crippen LogP contribution in [0.1, 0.15) is 17.3 Å². The van der Waals surface area contributed by atoms with Crippen molar-refractivity contribution >= 4 is 5.91 Å². The number of likely N-dealkylation sites (N-methyl/N-ethyl adjacent to an activating group) is 2. The Hall–Kier alpha value is -2.21. The average Bonchev–Trinajstić information content (AvgIpc) is 2.91. The molecule has 0 aliphatic heterocycles. The molecule has 0 aliphatic carbocycles. The number of H-pyrrole nitrogens is 1. The highest BCUT2D eigenvalue weighted by atomic mass is 19.1. The summed E-state index contributed by atoms with van der Waals surface area (Å²) in [5.41, 5.74) is 1.49. The van der Waals surface area contributed by atoms with E-state index in [1.54, 1.807) is 49.3 Å². The van der Waals surface area contributed by atoms with E-state index in [0.29, 0.717) is 12.1 Å². The predicted octanol–water partition coefficient (Wildman–Crippen LogP) is 1.81. The molecular formula is C15H19FN4O. The zero-order chi connectivity index (χ0) is 15.4. The van der Waals surface area contributed by atoms with Crippen molar-refractivity contribution < 1.29 is 9.18 Å². The Morgan fingerprint density at radius 1 is 1.33 bits per heavy atom. The lowest BCUT2D eigenvalue weighted by atomic mass is 10.0. The summed E-state index contributed by atoms with van der Waals surface area (Å²) in [5.74, 6) is -0.441. The molecule has 0 aliphatic rings. The average molecular weight is 290 g/mol. The van der Waals surface area contributed by atoms with Crippen LogP contribution in [0.2, 0.25) is 0 Å². The van der Waals surface area contributed by atoms with Crippen LogP contribution >= 0.6 is 0 Å². The number of rotatable bonds is 5. The van der Waals surface area contributed by atoms with E-state index in [9.17, 15) is 9.18 Å². The number of benzene rings is 1. The molecule has 6 heteroatoms. The fourth-order valence-electron chi connectivity index (χ4n) is 2.25. The maximum absolute atomic E-state index is 13.4. The molecule has 2 rings (SSSR count). The molecular weight excluding hydrogens is 271 g/mol. The second-order valence-corrected chi connectivity index (χ2v) is 5.20. The van der Waals surface area contributed by atoms with Gasteiger partial charge in [-0.05, 0) is 37.9 Å². The van der Waals surface area contributed by atoms with Gasteiger partial charge in [0.05, 0.1) is 12.2 Å². The summed E-state index contributed by atoms with van der Waals surface area (Å²) in [7, 11) is 5.33. The summed E-state index contributed by atoms with van der Waals surface area (Å²) in [5, 5.41) is 6.68. The number of hydrogen-bond acceptors (Lipinski definition) is 3.